The molecule has 3 nitrogen and oxygen atoms in total. The molecule has 0 spiro atoms. The van der Waals surface area contributed by atoms with Gasteiger partial charge in [-0.25, -0.2) is 0 Å². The summed E-state index contributed by atoms with van der Waals surface area (Å²) >= 11 is 0. The van der Waals surface area contributed by atoms with E-state index in [1.54, 1.807) is 0 Å². The van der Waals surface area contributed by atoms with Gasteiger partial charge >= 0.3 is 0 Å². The van der Waals surface area contributed by atoms with E-state index in [0.29, 0.717) is 19.1 Å². The van der Waals surface area contributed by atoms with Gasteiger partial charge in [0.1, 0.15) is 6.61 Å². The zero-order valence-electron chi connectivity index (χ0n) is 8.88. The van der Waals surface area contributed by atoms with Crippen molar-refractivity contribution >= 4 is 5.78 Å². The van der Waals surface area contributed by atoms with Crippen molar-refractivity contribution in [3.05, 3.63) is 0 Å². The Morgan fingerprint density at radius 2 is 2.08 bits per heavy atom. The topological polar surface area (TPSA) is 52.3 Å². The third-order valence-corrected chi connectivity index (χ3v) is 1.94. The van der Waals surface area contributed by atoms with E-state index < -0.39 is 0 Å². The van der Waals surface area contributed by atoms with Gasteiger partial charge in [-0.05, 0) is 19.3 Å². The van der Waals surface area contributed by atoms with E-state index in [9.17, 15) is 4.79 Å². The second-order valence-electron chi connectivity index (χ2n) is 3.67. The van der Waals surface area contributed by atoms with E-state index in [2.05, 4.69) is 13.8 Å². The van der Waals surface area contributed by atoms with Crippen molar-refractivity contribution in [2.24, 2.45) is 17.6 Å². The number of carbonyl (C=O) groups excluding carboxylic acids is 1. The molecule has 1 atom stereocenters. The van der Waals surface area contributed by atoms with Gasteiger partial charge in [0.15, 0.2) is 5.78 Å². The maximum Gasteiger partial charge on any atom is 0.162 e. The van der Waals surface area contributed by atoms with Gasteiger partial charge in [-0.15, -0.1) is 0 Å². The molecule has 0 amide bonds. The third-order valence-electron chi connectivity index (χ3n) is 1.94. The van der Waals surface area contributed by atoms with E-state index in [0.717, 1.165) is 6.42 Å². The first-order chi connectivity index (χ1) is 6.11. The van der Waals surface area contributed by atoms with Crippen LogP contribution in [0.25, 0.3) is 0 Å². The normalized spacial score (nSPS) is 13.3. The molecule has 0 aromatic rings. The maximum absolute atomic E-state index is 11.5. The van der Waals surface area contributed by atoms with Crippen LogP contribution in [0.5, 0.6) is 0 Å². The van der Waals surface area contributed by atoms with Crippen molar-refractivity contribution < 1.29 is 9.53 Å². The summed E-state index contributed by atoms with van der Waals surface area (Å²) in [5.74, 6) is 0.628. The van der Waals surface area contributed by atoms with Crippen LogP contribution in [0.2, 0.25) is 0 Å². The summed E-state index contributed by atoms with van der Waals surface area (Å²) in [5, 5.41) is 0. The molecule has 0 bridgehead atoms. The molecule has 0 aromatic heterocycles. The molecule has 0 fully saturated rings. The van der Waals surface area contributed by atoms with Gasteiger partial charge in [-0.3, -0.25) is 4.79 Å². The highest BCUT2D eigenvalue weighted by molar-refractivity contribution is 5.82. The smallest absolute Gasteiger partial charge is 0.162 e. The lowest BCUT2D eigenvalue weighted by Crippen LogP contribution is -2.28. The Morgan fingerprint density at radius 1 is 1.46 bits per heavy atom. The first kappa shape index (κ1) is 12.6. The van der Waals surface area contributed by atoms with Crippen molar-refractivity contribution in [2.75, 3.05) is 19.8 Å². The third kappa shape index (κ3) is 5.77. The maximum atomic E-state index is 11.5. The van der Waals surface area contributed by atoms with Crippen molar-refractivity contribution in [1.82, 2.24) is 0 Å². The molecule has 0 radical (unpaired) electrons. The lowest BCUT2D eigenvalue weighted by molar-refractivity contribution is -0.127. The number of carbonyl (C=O) groups is 1. The summed E-state index contributed by atoms with van der Waals surface area (Å²) in [6.07, 6.45) is 0.863. The molecule has 78 valence electrons. The predicted octanol–water partition coefficient (Wildman–Crippen LogP) is 1.21. The zero-order chi connectivity index (χ0) is 10.3. The predicted molar refractivity (Wildman–Crippen MR) is 53.5 cm³/mol. The van der Waals surface area contributed by atoms with Crippen LogP contribution in [0.4, 0.5) is 0 Å². The van der Waals surface area contributed by atoms with Crippen LogP contribution in [0.15, 0.2) is 0 Å². The summed E-state index contributed by atoms with van der Waals surface area (Å²) in [5.41, 5.74) is 5.52. The fourth-order valence-corrected chi connectivity index (χ4v) is 1.25. The minimum Gasteiger partial charge on any atom is -0.374 e. The van der Waals surface area contributed by atoms with Crippen LogP contribution in [-0.4, -0.2) is 25.5 Å². The molecule has 1 unspecified atom stereocenters. The summed E-state index contributed by atoms with van der Waals surface area (Å²) in [7, 11) is 0. The number of hydrogen-bond acceptors (Lipinski definition) is 3. The van der Waals surface area contributed by atoms with Gasteiger partial charge < -0.3 is 10.5 Å². The average Bonchev–Trinajstić information content (AvgIpc) is 2.09. The minimum atomic E-state index is -0.0217. The summed E-state index contributed by atoms with van der Waals surface area (Å²) in [6.45, 7) is 7.31. The first-order valence-corrected chi connectivity index (χ1v) is 4.92. The molecular formula is C10H21NO2. The van der Waals surface area contributed by atoms with Gasteiger partial charge in [0.2, 0.25) is 0 Å². The largest absolute Gasteiger partial charge is 0.374 e. The summed E-state index contributed by atoms with van der Waals surface area (Å²) in [6, 6.07) is 0. The number of ether oxygens (including phenoxy) is 1. The molecule has 0 heterocycles. The summed E-state index contributed by atoms with van der Waals surface area (Å²) < 4.78 is 5.05. The number of ketones is 1. The second kappa shape index (κ2) is 7.04. The first-order valence-electron chi connectivity index (χ1n) is 4.92. The van der Waals surface area contributed by atoms with Gasteiger partial charge in [0.05, 0.1) is 0 Å². The molecule has 13 heavy (non-hydrogen) atoms. The minimum absolute atomic E-state index is 0.0217. The number of hydrogen-bond donors (Lipinski definition) is 1. The quantitative estimate of drug-likeness (QED) is 0.652. The van der Waals surface area contributed by atoms with E-state index in [1.807, 2.05) is 6.92 Å². The highest BCUT2D eigenvalue weighted by atomic mass is 16.5. The van der Waals surface area contributed by atoms with Crippen LogP contribution >= 0.6 is 0 Å². The summed E-state index contributed by atoms with van der Waals surface area (Å²) in [4.78, 5) is 11.5. The molecule has 2 N–H and O–H groups in total. The lowest BCUT2D eigenvalue weighted by Gasteiger charge is -2.15. The van der Waals surface area contributed by atoms with E-state index in [-0.39, 0.29) is 18.3 Å². The highest BCUT2D eigenvalue weighted by Crippen LogP contribution is 2.11. The fraction of sp³-hybridized carbons (Fsp3) is 0.900. The van der Waals surface area contributed by atoms with Crippen LogP contribution in [0.1, 0.15) is 27.2 Å². The molecule has 3 heteroatoms. The van der Waals surface area contributed by atoms with Crippen LogP contribution in [0, 0.1) is 11.8 Å². The number of Topliss-reactive ketones (excluding diaryl/α,β-unsaturated/α-hetero) is 1. The molecule has 0 rings (SSSR count). The van der Waals surface area contributed by atoms with E-state index >= 15 is 0 Å². The average molecular weight is 187 g/mol. The van der Waals surface area contributed by atoms with Crippen LogP contribution in [0.3, 0.4) is 0 Å². The zero-order valence-corrected chi connectivity index (χ0v) is 8.88. The number of nitrogens with two attached hydrogens (primary N) is 1. The van der Waals surface area contributed by atoms with Gasteiger partial charge in [0.25, 0.3) is 0 Å². The Morgan fingerprint density at radius 3 is 2.46 bits per heavy atom. The standard InChI is InChI=1S/C10H21NO2/c1-4-13-7-10(12)9(6-11)5-8(2)3/h8-9H,4-7,11H2,1-3H3. The molecule has 0 saturated carbocycles. The van der Waals surface area contributed by atoms with E-state index in [4.69, 9.17) is 10.5 Å². The second-order valence-corrected chi connectivity index (χ2v) is 3.67. The molecular weight excluding hydrogens is 166 g/mol. The molecule has 0 aliphatic carbocycles. The van der Waals surface area contributed by atoms with Crippen LogP contribution < -0.4 is 5.73 Å². The van der Waals surface area contributed by atoms with Crippen molar-refractivity contribution in [3.63, 3.8) is 0 Å². The molecule has 0 aliphatic rings. The molecule has 0 aliphatic heterocycles. The lowest BCUT2D eigenvalue weighted by atomic mass is 9.94. The Labute approximate surface area is 80.6 Å². The SMILES string of the molecule is CCOCC(=O)C(CN)CC(C)C. The molecule has 0 saturated heterocycles. The number of rotatable bonds is 7. The van der Waals surface area contributed by atoms with Gasteiger partial charge in [-0.1, -0.05) is 13.8 Å². The van der Waals surface area contributed by atoms with Gasteiger partial charge in [-0.2, -0.15) is 0 Å². The fourth-order valence-electron chi connectivity index (χ4n) is 1.25. The van der Waals surface area contributed by atoms with Crippen LogP contribution in [-0.2, 0) is 9.53 Å². The Bertz CT molecular complexity index is 146. The van der Waals surface area contributed by atoms with Crippen molar-refractivity contribution in [2.45, 2.75) is 27.2 Å². The van der Waals surface area contributed by atoms with Crippen molar-refractivity contribution in [1.29, 1.82) is 0 Å². The van der Waals surface area contributed by atoms with E-state index in [1.165, 1.54) is 0 Å². The monoisotopic (exact) mass is 187 g/mol. The Hall–Kier alpha value is -0.410. The van der Waals surface area contributed by atoms with Gasteiger partial charge in [0, 0.05) is 19.1 Å². The Kier molecular flexibility index (Phi) is 6.82. The molecule has 0 aromatic carbocycles. The Balaban J connectivity index is 3.85. The van der Waals surface area contributed by atoms with Crippen molar-refractivity contribution in [3.8, 4) is 0 Å². The highest BCUT2D eigenvalue weighted by Gasteiger charge is 2.17.